The topological polar surface area (TPSA) is 43.8 Å². The Hall–Kier alpha value is -1.10. The zero-order valence-corrected chi connectivity index (χ0v) is 14.8. The lowest BCUT2D eigenvalue weighted by Gasteiger charge is -2.25. The Morgan fingerprint density at radius 1 is 1.26 bits per heavy atom. The molecule has 0 bridgehead atoms. The second kappa shape index (κ2) is 10.6. The first-order valence-electron chi connectivity index (χ1n) is 8.33. The monoisotopic (exact) mass is 340 g/mol. The highest BCUT2D eigenvalue weighted by Crippen LogP contribution is 2.16. The van der Waals surface area contributed by atoms with Crippen molar-refractivity contribution in [2.45, 2.75) is 38.1 Å². The van der Waals surface area contributed by atoms with Crippen LogP contribution in [-0.4, -0.2) is 60.1 Å². The van der Waals surface area contributed by atoms with E-state index >= 15 is 0 Å². The molecule has 0 aliphatic carbocycles. The van der Waals surface area contributed by atoms with Crippen molar-refractivity contribution in [3.63, 3.8) is 0 Å². The SMILES string of the molecule is CN(CC(=O)O)C1CCCN(CCCc2ccccc2)CC1.Cl. The molecule has 0 amide bonds. The number of likely N-dealkylation sites (N-methyl/N-ethyl adjacent to an activating group) is 1. The van der Waals surface area contributed by atoms with Gasteiger partial charge in [0.15, 0.2) is 0 Å². The fourth-order valence-corrected chi connectivity index (χ4v) is 3.30. The molecule has 1 atom stereocenters. The number of rotatable bonds is 7. The van der Waals surface area contributed by atoms with Crippen LogP contribution in [-0.2, 0) is 11.2 Å². The summed E-state index contributed by atoms with van der Waals surface area (Å²) in [6.45, 7) is 3.53. The summed E-state index contributed by atoms with van der Waals surface area (Å²) in [6, 6.07) is 11.1. The molecule has 0 aromatic heterocycles. The molecule has 2 rings (SSSR count). The lowest BCUT2D eigenvalue weighted by Crippen LogP contribution is -2.36. The predicted molar refractivity (Wildman–Crippen MR) is 96.4 cm³/mol. The van der Waals surface area contributed by atoms with E-state index in [4.69, 9.17) is 5.11 Å². The van der Waals surface area contributed by atoms with Crippen LogP contribution in [0.25, 0.3) is 0 Å². The van der Waals surface area contributed by atoms with Crippen LogP contribution in [0.4, 0.5) is 0 Å². The molecule has 1 aliphatic heterocycles. The quantitative estimate of drug-likeness (QED) is 0.829. The van der Waals surface area contributed by atoms with E-state index in [1.165, 1.54) is 18.4 Å². The van der Waals surface area contributed by atoms with Gasteiger partial charge in [-0.25, -0.2) is 0 Å². The molecule has 1 aliphatic rings. The van der Waals surface area contributed by atoms with Crippen molar-refractivity contribution in [3.05, 3.63) is 35.9 Å². The maximum absolute atomic E-state index is 10.8. The first-order valence-corrected chi connectivity index (χ1v) is 8.33. The van der Waals surface area contributed by atoms with Crippen molar-refractivity contribution in [2.24, 2.45) is 0 Å². The van der Waals surface area contributed by atoms with Gasteiger partial charge in [-0.05, 0) is 64.3 Å². The second-order valence-corrected chi connectivity index (χ2v) is 6.32. The summed E-state index contributed by atoms with van der Waals surface area (Å²) in [5.74, 6) is -0.730. The van der Waals surface area contributed by atoms with Gasteiger partial charge in [0.25, 0.3) is 0 Å². The van der Waals surface area contributed by atoms with Crippen LogP contribution in [0.3, 0.4) is 0 Å². The van der Waals surface area contributed by atoms with Crippen LogP contribution in [0.15, 0.2) is 30.3 Å². The minimum absolute atomic E-state index is 0. The summed E-state index contributed by atoms with van der Waals surface area (Å²) in [4.78, 5) is 15.4. The van der Waals surface area contributed by atoms with Gasteiger partial charge in [-0.15, -0.1) is 12.4 Å². The molecule has 23 heavy (non-hydrogen) atoms. The van der Waals surface area contributed by atoms with Crippen LogP contribution < -0.4 is 0 Å². The highest BCUT2D eigenvalue weighted by molar-refractivity contribution is 5.85. The van der Waals surface area contributed by atoms with E-state index in [2.05, 4.69) is 35.2 Å². The van der Waals surface area contributed by atoms with E-state index in [1.807, 2.05) is 11.9 Å². The Morgan fingerprint density at radius 2 is 2.00 bits per heavy atom. The fraction of sp³-hybridized carbons (Fsp3) is 0.611. The number of hydrogen-bond acceptors (Lipinski definition) is 3. The number of aliphatic carboxylic acids is 1. The largest absolute Gasteiger partial charge is 0.480 e. The van der Waals surface area contributed by atoms with E-state index in [1.54, 1.807) is 0 Å². The van der Waals surface area contributed by atoms with Gasteiger partial charge in [0.05, 0.1) is 6.54 Å². The number of carbonyl (C=O) groups is 1. The molecule has 0 saturated carbocycles. The predicted octanol–water partition coefficient (Wildman–Crippen LogP) is 2.91. The highest BCUT2D eigenvalue weighted by Gasteiger charge is 2.21. The van der Waals surface area contributed by atoms with Crippen molar-refractivity contribution in [3.8, 4) is 0 Å². The van der Waals surface area contributed by atoms with Gasteiger partial charge in [0, 0.05) is 6.04 Å². The van der Waals surface area contributed by atoms with Gasteiger partial charge in [-0.2, -0.15) is 0 Å². The number of likely N-dealkylation sites (tertiary alicyclic amines) is 1. The van der Waals surface area contributed by atoms with Gasteiger partial charge in [-0.1, -0.05) is 30.3 Å². The van der Waals surface area contributed by atoms with E-state index in [9.17, 15) is 4.79 Å². The van der Waals surface area contributed by atoms with Crippen molar-refractivity contribution in [1.82, 2.24) is 9.80 Å². The van der Waals surface area contributed by atoms with Crippen molar-refractivity contribution in [1.29, 1.82) is 0 Å². The molecular formula is C18H29ClN2O2. The van der Waals surface area contributed by atoms with Gasteiger partial charge < -0.3 is 10.0 Å². The summed E-state index contributed by atoms with van der Waals surface area (Å²) in [5.41, 5.74) is 1.41. The average molecular weight is 341 g/mol. The zero-order valence-electron chi connectivity index (χ0n) is 14.0. The summed E-state index contributed by atoms with van der Waals surface area (Å²) in [7, 11) is 1.93. The molecule has 4 nitrogen and oxygen atoms in total. The summed E-state index contributed by atoms with van der Waals surface area (Å²) >= 11 is 0. The number of carboxylic acids is 1. The Bertz CT molecular complexity index is 456. The third-order valence-electron chi connectivity index (χ3n) is 4.58. The summed E-state index contributed by atoms with van der Waals surface area (Å²) in [5, 5.41) is 8.91. The molecule has 1 heterocycles. The van der Waals surface area contributed by atoms with Crippen molar-refractivity contribution < 1.29 is 9.90 Å². The van der Waals surface area contributed by atoms with Gasteiger partial charge >= 0.3 is 5.97 Å². The molecule has 1 fully saturated rings. The first-order chi connectivity index (χ1) is 10.6. The molecule has 0 radical (unpaired) electrons. The third-order valence-corrected chi connectivity index (χ3v) is 4.58. The van der Waals surface area contributed by atoms with Crippen LogP contribution in [0, 0.1) is 0 Å². The summed E-state index contributed by atoms with van der Waals surface area (Å²) < 4.78 is 0. The third kappa shape index (κ3) is 7.34. The molecule has 1 aromatic rings. The maximum atomic E-state index is 10.8. The van der Waals surface area contributed by atoms with Crippen molar-refractivity contribution in [2.75, 3.05) is 33.2 Å². The highest BCUT2D eigenvalue weighted by atomic mass is 35.5. The number of aryl methyl sites for hydroxylation is 1. The fourth-order valence-electron chi connectivity index (χ4n) is 3.30. The lowest BCUT2D eigenvalue weighted by atomic mass is 10.1. The number of nitrogens with zero attached hydrogens (tertiary/aromatic N) is 2. The number of halogens is 1. The zero-order chi connectivity index (χ0) is 15.8. The van der Waals surface area contributed by atoms with Gasteiger partial charge in [0.1, 0.15) is 0 Å². The molecular weight excluding hydrogens is 312 g/mol. The lowest BCUT2D eigenvalue weighted by molar-refractivity contribution is -0.138. The van der Waals surface area contributed by atoms with Crippen LogP contribution in [0.2, 0.25) is 0 Å². The smallest absolute Gasteiger partial charge is 0.317 e. The molecule has 5 heteroatoms. The Morgan fingerprint density at radius 3 is 2.70 bits per heavy atom. The van der Waals surface area contributed by atoms with Crippen LogP contribution >= 0.6 is 12.4 Å². The Balaban J connectivity index is 0.00000264. The standard InChI is InChI=1S/C18H28N2O2.ClH/c1-19(15-18(21)22)17-10-6-13-20(14-11-17)12-5-9-16-7-3-2-4-8-16;/h2-4,7-8,17H,5-6,9-15H2,1H3,(H,21,22);1H. The molecule has 130 valence electrons. The van der Waals surface area contributed by atoms with E-state index in [0.29, 0.717) is 6.04 Å². The average Bonchev–Trinajstić information content (AvgIpc) is 2.73. The van der Waals surface area contributed by atoms with Gasteiger partial charge in [0.2, 0.25) is 0 Å². The minimum atomic E-state index is -0.730. The van der Waals surface area contributed by atoms with E-state index in [0.717, 1.165) is 38.9 Å². The first kappa shape index (κ1) is 19.9. The maximum Gasteiger partial charge on any atom is 0.317 e. The number of hydrogen-bond donors (Lipinski definition) is 1. The van der Waals surface area contributed by atoms with Gasteiger partial charge in [-0.3, -0.25) is 9.69 Å². The second-order valence-electron chi connectivity index (χ2n) is 6.32. The number of benzene rings is 1. The normalized spacial score (nSPS) is 19.1. The number of carboxylic acid groups (broad SMARTS) is 1. The van der Waals surface area contributed by atoms with E-state index < -0.39 is 5.97 Å². The molecule has 1 aromatic carbocycles. The minimum Gasteiger partial charge on any atom is -0.480 e. The summed E-state index contributed by atoms with van der Waals surface area (Å²) in [6.07, 6.45) is 5.69. The van der Waals surface area contributed by atoms with Crippen molar-refractivity contribution >= 4 is 18.4 Å². The molecule has 0 spiro atoms. The molecule has 1 saturated heterocycles. The van der Waals surface area contributed by atoms with Crippen LogP contribution in [0.5, 0.6) is 0 Å². The Labute approximate surface area is 145 Å². The Kier molecular flexibility index (Phi) is 9.22. The molecule has 1 N–H and O–H groups in total. The molecule has 1 unspecified atom stereocenters. The van der Waals surface area contributed by atoms with E-state index in [-0.39, 0.29) is 19.0 Å². The van der Waals surface area contributed by atoms with Crippen LogP contribution in [0.1, 0.15) is 31.2 Å².